The lowest BCUT2D eigenvalue weighted by atomic mass is 10.2. The van der Waals surface area contributed by atoms with Gasteiger partial charge in [0.05, 0.1) is 12.7 Å². The first-order chi connectivity index (χ1) is 9.44. The number of hydrogen-bond donors (Lipinski definition) is 1. The lowest BCUT2D eigenvalue weighted by molar-refractivity contribution is -0.144. The van der Waals surface area contributed by atoms with E-state index in [0.717, 1.165) is 6.42 Å². The molecule has 8 heteroatoms. The molecule has 2 rings (SSSR count). The quantitative estimate of drug-likeness (QED) is 0.924. The van der Waals surface area contributed by atoms with E-state index in [9.17, 15) is 13.2 Å². The lowest BCUT2D eigenvalue weighted by Crippen LogP contribution is -2.42. The highest BCUT2D eigenvalue weighted by Gasteiger charge is 2.36. The van der Waals surface area contributed by atoms with Crippen LogP contribution in [-0.2, 0) is 10.9 Å². The Labute approximate surface area is 115 Å². The molecule has 0 spiro atoms. The van der Waals surface area contributed by atoms with Gasteiger partial charge in [-0.05, 0) is 6.42 Å². The largest absolute Gasteiger partial charge is 0.451 e. The minimum Gasteiger partial charge on any atom is -0.375 e. The molecular weight excluding hydrogens is 273 g/mol. The van der Waals surface area contributed by atoms with E-state index in [4.69, 9.17) is 4.74 Å². The first-order valence-corrected chi connectivity index (χ1v) is 6.44. The summed E-state index contributed by atoms with van der Waals surface area (Å²) in [4.78, 5) is 8.89. The van der Waals surface area contributed by atoms with Crippen LogP contribution in [0.1, 0.15) is 19.2 Å². The summed E-state index contributed by atoms with van der Waals surface area (Å²) in [6, 6.07) is 1.52. The van der Waals surface area contributed by atoms with Gasteiger partial charge in [-0.2, -0.15) is 13.2 Å². The lowest BCUT2D eigenvalue weighted by Gasteiger charge is -2.33. The predicted molar refractivity (Wildman–Crippen MR) is 68.8 cm³/mol. The maximum Gasteiger partial charge on any atom is 0.451 e. The third-order valence-corrected chi connectivity index (χ3v) is 3.14. The van der Waals surface area contributed by atoms with E-state index in [1.807, 2.05) is 6.92 Å². The third kappa shape index (κ3) is 3.30. The Bertz CT molecular complexity index is 467. The van der Waals surface area contributed by atoms with Crippen molar-refractivity contribution in [3.05, 3.63) is 11.9 Å². The number of anilines is 2. The fourth-order valence-corrected chi connectivity index (χ4v) is 2.03. The summed E-state index contributed by atoms with van der Waals surface area (Å²) in [5, 5.41) is 2.64. The average Bonchev–Trinajstić information content (AvgIpc) is 2.46. The summed E-state index contributed by atoms with van der Waals surface area (Å²) in [6.07, 6.45) is -3.73. The fraction of sp³-hybridized carbons (Fsp3) is 0.667. The van der Waals surface area contributed by atoms with Gasteiger partial charge >= 0.3 is 6.18 Å². The van der Waals surface area contributed by atoms with Gasteiger partial charge in [0, 0.05) is 26.2 Å². The van der Waals surface area contributed by atoms with Crippen molar-refractivity contribution in [3.8, 4) is 0 Å². The zero-order valence-corrected chi connectivity index (χ0v) is 11.4. The van der Waals surface area contributed by atoms with Gasteiger partial charge in [0.2, 0.25) is 5.82 Å². The van der Waals surface area contributed by atoms with Crippen LogP contribution in [0.25, 0.3) is 0 Å². The second kappa shape index (κ2) is 5.82. The van der Waals surface area contributed by atoms with Crippen molar-refractivity contribution in [2.75, 3.05) is 37.0 Å². The molecule has 1 aliphatic rings. The molecular formula is C12H17F3N4O. The van der Waals surface area contributed by atoms with Crippen LogP contribution in [0.3, 0.4) is 0 Å². The van der Waals surface area contributed by atoms with E-state index in [1.165, 1.54) is 13.1 Å². The van der Waals surface area contributed by atoms with Crippen molar-refractivity contribution in [2.24, 2.45) is 0 Å². The van der Waals surface area contributed by atoms with E-state index in [2.05, 4.69) is 15.3 Å². The highest BCUT2D eigenvalue weighted by molar-refractivity contribution is 5.49. The molecule has 1 saturated heterocycles. The number of aromatic nitrogens is 2. The second-order valence-corrected chi connectivity index (χ2v) is 4.53. The summed E-state index contributed by atoms with van der Waals surface area (Å²) >= 11 is 0. The van der Waals surface area contributed by atoms with Crippen LogP contribution in [-0.4, -0.2) is 42.8 Å². The first kappa shape index (κ1) is 14.8. The fourth-order valence-electron chi connectivity index (χ4n) is 2.03. The number of alkyl halides is 3. The van der Waals surface area contributed by atoms with Gasteiger partial charge in [0.25, 0.3) is 0 Å². The molecule has 1 aromatic heterocycles. The van der Waals surface area contributed by atoms with Crippen molar-refractivity contribution >= 4 is 11.6 Å². The molecule has 1 aliphatic heterocycles. The number of nitrogens with one attached hydrogen (secondary N) is 1. The van der Waals surface area contributed by atoms with E-state index in [0.29, 0.717) is 19.7 Å². The molecule has 0 aliphatic carbocycles. The first-order valence-electron chi connectivity index (χ1n) is 6.44. The Balaban J connectivity index is 2.30. The van der Waals surface area contributed by atoms with E-state index in [-0.39, 0.29) is 17.7 Å². The zero-order chi connectivity index (χ0) is 14.8. The summed E-state index contributed by atoms with van der Waals surface area (Å²) in [7, 11) is 1.53. The Hall–Kier alpha value is -1.57. The normalized spacial score (nSPS) is 20.1. The van der Waals surface area contributed by atoms with Gasteiger partial charge in [-0.3, -0.25) is 0 Å². The van der Waals surface area contributed by atoms with Gasteiger partial charge in [0.1, 0.15) is 11.6 Å². The summed E-state index contributed by atoms with van der Waals surface area (Å²) < 4.78 is 43.9. The molecule has 1 fully saturated rings. The van der Waals surface area contributed by atoms with Crippen LogP contribution in [0.15, 0.2) is 6.07 Å². The minimum atomic E-state index is -4.56. The van der Waals surface area contributed by atoms with Crippen molar-refractivity contribution in [3.63, 3.8) is 0 Å². The number of rotatable bonds is 3. The molecule has 112 valence electrons. The molecule has 5 nitrogen and oxygen atoms in total. The maximum atomic E-state index is 12.8. The van der Waals surface area contributed by atoms with E-state index >= 15 is 0 Å². The van der Waals surface area contributed by atoms with Gasteiger partial charge in [-0.15, -0.1) is 0 Å². The number of halogens is 3. The maximum absolute atomic E-state index is 12.8. The summed E-state index contributed by atoms with van der Waals surface area (Å²) in [6.45, 7) is 3.52. The van der Waals surface area contributed by atoms with Crippen molar-refractivity contribution in [2.45, 2.75) is 25.6 Å². The van der Waals surface area contributed by atoms with Gasteiger partial charge in [-0.25, -0.2) is 9.97 Å². The Morgan fingerprint density at radius 2 is 2.20 bits per heavy atom. The van der Waals surface area contributed by atoms with E-state index in [1.54, 1.807) is 4.90 Å². The summed E-state index contributed by atoms with van der Waals surface area (Å²) in [5.41, 5.74) is 0. The molecule has 1 unspecified atom stereocenters. The summed E-state index contributed by atoms with van der Waals surface area (Å²) in [5.74, 6) is -0.695. The van der Waals surface area contributed by atoms with Crippen molar-refractivity contribution < 1.29 is 17.9 Å². The van der Waals surface area contributed by atoms with E-state index < -0.39 is 12.0 Å². The third-order valence-electron chi connectivity index (χ3n) is 3.14. The van der Waals surface area contributed by atoms with Crippen LogP contribution in [0, 0.1) is 0 Å². The number of hydrogen-bond acceptors (Lipinski definition) is 5. The van der Waals surface area contributed by atoms with Gasteiger partial charge in [0.15, 0.2) is 0 Å². The SMILES string of the molecule is CCC1CN(c2cc(NC)nc(C(F)(F)F)n2)CCO1. The van der Waals surface area contributed by atoms with Crippen LogP contribution in [0.2, 0.25) is 0 Å². The number of ether oxygens (including phenoxy) is 1. The Kier molecular flexibility index (Phi) is 4.32. The molecule has 0 amide bonds. The molecule has 2 heterocycles. The Morgan fingerprint density at radius 1 is 1.45 bits per heavy atom. The predicted octanol–water partition coefficient (Wildman–Crippen LogP) is 2.15. The molecule has 1 atom stereocenters. The smallest absolute Gasteiger partial charge is 0.375 e. The van der Waals surface area contributed by atoms with Crippen LogP contribution < -0.4 is 10.2 Å². The molecule has 0 radical (unpaired) electrons. The molecule has 20 heavy (non-hydrogen) atoms. The van der Waals surface area contributed by atoms with Crippen molar-refractivity contribution in [1.82, 2.24) is 9.97 Å². The standard InChI is InChI=1S/C12H17F3N4O/c1-3-8-7-19(4-5-20-8)10-6-9(16-2)17-11(18-10)12(13,14)15/h6,8H,3-5,7H2,1-2H3,(H,16,17,18). The Morgan fingerprint density at radius 3 is 2.80 bits per heavy atom. The van der Waals surface area contributed by atoms with Crippen LogP contribution in [0.5, 0.6) is 0 Å². The molecule has 0 aromatic carbocycles. The molecule has 0 bridgehead atoms. The van der Waals surface area contributed by atoms with Crippen LogP contribution >= 0.6 is 0 Å². The zero-order valence-electron chi connectivity index (χ0n) is 11.4. The molecule has 1 aromatic rings. The van der Waals surface area contributed by atoms with Crippen LogP contribution in [0.4, 0.5) is 24.8 Å². The molecule has 0 saturated carbocycles. The highest BCUT2D eigenvalue weighted by atomic mass is 19.4. The average molecular weight is 290 g/mol. The van der Waals surface area contributed by atoms with Gasteiger partial charge < -0.3 is 15.0 Å². The van der Waals surface area contributed by atoms with Gasteiger partial charge in [-0.1, -0.05) is 6.92 Å². The number of nitrogens with zero attached hydrogens (tertiary/aromatic N) is 3. The molecule has 1 N–H and O–H groups in total. The number of morpholine rings is 1. The minimum absolute atomic E-state index is 0.0195. The monoisotopic (exact) mass is 290 g/mol. The highest BCUT2D eigenvalue weighted by Crippen LogP contribution is 2.29. The second-order valence-electron chi connectivity index (χ2n) is 4.53. The van der Waals surface area contributed by atoms with Crippen molar-refractivity contribution in [1.29, 1.82) is 0 Å². The topological polar surface area (TPSA) is 50.3 Å².